The van der Waals surface area contributed by atoms with Crippen LogP contribution < -0.4 is 4.57 Å². The molecule has 6 nitrogen and oxygen atoms in total. The number of aryl methyl sites for hydroxylation is 2. The summed E-state index contributed by atoms with van der Waals surface area (Å²) in [5, 5.41) is 0. The summed E-state index contributed by atoms with van der Waals surface area (Å²) in [4.78, 5) is 14.6. The maximum Gasteiger partial charge on any atom is 0.288 e. The Kier molecular flexibility index (Phi) is 5.92. The van der Waals surface area contributed by atoms with Crippen LogP contribution in [0.25, 0.3) is 0 Å². The third kappa shape index (κ3) is 4.54. The van der Waals surface area contributed by atoms with E-state index >= 15 is 0 Å². The third-order valence-electron chi connectivity index (χ3n) is 4.94. The van der Waals surface area contributed by atoms with Crippen molar-refractivity contribution in [1.29, 1.82) is 0 Å². The highest BCUT2D eigenvalue weighted by molar-refractivity contribution is 7.89. The molecule has 0 radical (unpaired) electrons. The molecule has 1 saturated heterocycles. The molecule has 1 aromatic heterocycles. The number of hydrogen-bond acceptors (Lipinski definition) is 3. The molecule has 0 aliphatic carbocycles. The van der Waals surface area contributed by atoms with Crippen molar-refractivity contribution in [3.05, 3.63) is 59.9 Å². The van der Waals surface area contributed by atoms with E-state index in [1.807, 2.05) is 36.0 Å². The lowest BCUT2D eigenvalue weighted by Gasteiger charge is -2.33. The summed E-state index contributed by atoms with van der Waals surface area (Å²) in [7, 11) is -3.50. The molecule has 0 bridgehead atoms. The molecule has 144 valence electrons. The van der Waals surface area contributed by atoms with Gasteiger partial charge in [-0.1, -0.05) is 24.6 Å². The van der Waals surface area contributed by atoms with E-state index in [-0.39, 0.29) is 12.5 Å². The van der Waals surface area contributed by atoms with Crippen molar-refractivity contribution in [2.45, 2.75) is 31.7 Å². The number of aromatic nitrogens is 1. The Hall–Kier alpha value is -2.25. The molecule has 1 fully saturated rings. The van der Waals surface area contributed by atoms with E-state index in [0.717, 1.165) is 12.0 Å². The molecule has 1 aliphatic rings. The van der Waals surface area contributed by atoms with Gasteiger partial charge in [-0.15, -0.1) is 0 Å². The lowest BCUT2D eigenvalue weighted by Crippen LogP contribution is -2.53. The summed E-state index contributed by atoms with van der Waals surface area (Å²) in [6.45, 7) is 5.76. The van der Waals surface area contributed by atoms with Crippen LogP contribution in [0.15, 0.2) is 53.7 Å². The first-order valence-corrected chi connectivity index (χ1v) is 10.7. The van der Waals surface area contributed by atoms with Crippen molar-refractivity contribution in [3.63, 3.8) is 0 Å². The second kappa shape index (κ2) is 8.19. The maximum atomic E-state index is 12.7. The Labute approximate surface area is 161 Å². The van der Waals surface area contributed by atoms with Gasteiger partial charge in [0.1, 0.15) is 0 Å². The SMILES string of the molecule is CCc1cc[n+](CC(=O)N2CCN(S(=O)(=O)c3ccc(C)cc3)CC2)cc1. The van der Waals surface area contributed by atoms with Crippen LogP contribution in [0.2, 0.25) is 0 Å². The molecule has 2 heterocycles. The van der Waals surface area contributed by atoms with E-state index in [2.05, 4.69) is 6.92 Å². The molecular formula is C20H26N3O3S+. The predicted octanol–water partition coefficient (Wildman–Crippen LogP) is 1.38. The minimum absolute atomic E-state index is 0.0108. The van der Waals surface area contributed by atoms with E-state index in [0.29, 0.717) is 31.1 Å². The van der Waals surface area contributed by atoms with E-state index < -0.39 is 10.0 Å². The number of sulfonamides is 1. The van der Waals surface area contributed by atoms with Gasteiger partial charge in [0.2, 0.25) is 16.6 Å². The minimum atomic E-state index is -3.50. The van der Waals surface area contributed by atoms with E-state index in [4.69, 9.17) is 0 Å². The number of pyridine rings is 1. The number of nitrogens with zero attached hydrogens (tertiary/aromatic N) is 3. The Balaban J connectivity index is 1.59. The van der Waals surface area contributed by atoms with Gasteiger partial charge in [-0.2, -0.15) is 8.87 Å². The molecule has 1 amide bonds. The second-order valence-electron chi connectivity index (χ2n) is 6.83. The normalized spacial score (nSPS) is 15.7. The summed E-state index contributed by atoms with van der Waals surface area (Å²) in [6.07, 6.45) is 4.79. The molecule has 3 rings (SSSR count). The van der Waals surface area contributed by atoms with Crippen molar-refractivity contribution >= 4 is 15.9 Å². The summed E-state index contributed by atoms with van der Waals surface area (Å²) in [5.74, 6) is 0.0108. The first kappa shape index (κ1) is 19.5. The van der Waals surface area contributed by atoms with Crippen LogP contribution in [0.1, 0.15) is 18.1 Å². The molecule has 27 heavy (non-hydrogen) atoms. The van der Waals surface area contributed by atoms with Crippen molar-refractivity contribution in [3.8, 4) is 0 Å². The molecule has 0 saturated carbocycles. The fourth-order valence-corrected chi connectivity index (χ4v) is 4.54. The van der Waals surface area contributed by atoms with Crippen molar-refractivity contribution < 1.29 is 17.8 Å². The lowest BCUT2D eigenvalue weighted by molar-refractivity contribution is -0.685. The topological polar surface area (TPSA) is 61.6 Å². The van der Waals surface area contributed by atoms with Crippen LogP contribution in [-0.4, -0.2) is 49.7 Å². The minimum Gasteiger partial charge on any atom is -0.335 e. The highest BCUT2D eigenvalue weighted by Crippen LogP contribution is 2.18. The highest BCUT2D eigenvalue weighted by Gasteiger charge is 2.30. The fraction of sp³-hybridized carbons (Fsp3) is 0.400. The molecule has 0 unspecified atom stereocenters. The van der Waals surface area contributed by atoms with Crippen LogP contribution in [0.4, 0.5) is 0 Å². The third-order valence-corrected chi connectivity index (χ3v) is 6.85. The molecule has 0 atom stereocenters. The van der Waals surface area contributed by atoms with Crippen LogP contribution in [0.3, 0.4) is 0 Å². The van der Waals surface area contributed by atoms with Crippen LogP contribution in [0, 0.1) is 6.92 Å². The Morgan fingerprint density at radius 2 is 1.59 bits per heavy atom. The van der Waals surface area contributed by atoms with Gasteiger partial charge in [-0.3, -0.25) is 4.79 Å². The lowest BCUT2D eigenvalue weighted by atomic mass is 10.2. The second-order valence-corrected chi connectivity index (χ2v) is 8.77. The number of piperazine rings is 1. The van der Waals surface area contributed by atoms with E-state index in [9.17, 15) is 13.2 Å². The number of carbonyl (C=O) groups is 1. The van der Waals surface area contributed by atoms with Gasteiger partial charge in [-0.05, 0) is 31.0 Å². The van der Waals surface area contributed by atoms with E-state index in [1.165, 1.54) is 9.87 Å². The smallest absolute Gasteiger partial charge is 0.288 e. The van der Waals surface area contributed by atoms with Gasteiger partial charge in [-0.25, -0.2) is 8.42 Å². The molecule has 0 N–H and O–H groups in total. The van der Waals surface area contributed by atoms with Crippen LogP contribution in [0.5, 0.6) is 0 Å². The zero-order valence-electron chi connectivity index (χ0n) is 15.8. The predicted molar refractivity (Wildman–Crippen MR) is 103 cm³/mol. The first-order chi connectivity index (χ1) is 12.9. The fourth-order valence-electron chi connectivity index (χ4n) is 3.12. The first-order valence-electron chi connectivity index (χ1n) is 9.22. The van der Waals surface area contributed by atoms with Crippen LogP contribution in [-0.2, 0) is 27.8 Å². The molecule has 1 aliphatic heterocycles. The Morgan fingerprint density at radius 3 is 2.15 bits per heavy atom. The summed E-state index contributed by atoms with van der Waals surface area (Å²) < 4.78 is 28.8. The molecule has 7 heteroatoms. The zero-order valence-corrected chi connectivity index (χ0v) is 16.7. The van der Waals surface area contributed by atoms with Crippen molar-refractivity contribution in [2.75, 3.05) is 26.2 Å². The van der Waals surface area contributed by atoms with Gasteiger partial charge in [0.15, 0.2) is 12.4 Å². The van der Waals surface area contributed by atoms with Crippen LogP contribution >= 0.6 is 0 Å². The van der Waals surface area contributed by atoms with Gasteiger partial charge >= 0.3 is 0 Å². The summed E-state index contributed by atoms with van der Waals surface area (Å²) >= 11 is 0. The largest absolute Gasteiger partial charge is 0.335 e. The number of rotatable bonds is 5. The van der Waals surface area contributed by atoms with Gasteiger partial charge in [0, 0.05) is 38.3 Å². The molecule has 2 aromatic rings. The Morgan fingerprint density at radius 1 is 1.00 bits per heavy atom. The monoisotopic (exact) mass is 388 g/mol. The quantitative estimate of drug-likeness (QED) is 0.727. The molecule has 1 aromatic carbocycles. The number of carbonyl (C=O) groups excluding carboxylic acids is 1. The van der Waals surface area contributed by atoms with Gasteiger partial charge in [0.25, 0.3) is 5.91 Å². The number of hydrogen-bond donors (Lipinski definition) is 0. The Bertz CT molecular complexity index is 885. The number of benzene rings is 1. The van der Waals surface area contributed by atoms with Gasteiger partial charge in [0.05, 0.1) is 4.90 Å². The van der Waals surface area contributed by atoms with Crippen molar-refractivity contribution in [1.82, 2.24) is 9.21 Å². The van der Waals surface area contributed by atoms with Crippen molar-refractivity contribution in [2.24, 2.45) is 0 Å². The molecule has 0 spiro atoms. The highest BCUT2D eigenvalue weighted by atomic mass is 32.2. The summed E-state index contributed by atoms with van der Waals surface area (Å²) in [6, 6.07) is 10.9. The zero-order chi connectivity index (χ0) is 19.4. The standard InChI is InChI=1S/C20H26N3O3S/c1-3-18-8-10-21(11-9-18)16-20(24)22-12-14-23(15-13-22)27(25,26)19-6-4-17(2)5-7-19/h4-11H,3,12-16H2,1-2H3/q+1. The molecular weight excluding hydrogens is 362 g/mol. The number of amides is 1. The average molecular weight is 389 g/mol. The van der Waals surface area contributed by atoms with E-state index in [1.54, 1.807) is 29.2 Å². The summed E-state index contributed by atoms with van der Waals surface area (Å²) in [5.41, 5.74) is 2.25. The maximum absolute atomic E-state index is 12.7. The average Bonchev–Trinajstić information content (AvgIpc) is 2.69. The van der Waals surface area contributed by atoms with Gasteiger partial charge < -0.3 is 4.90 Å².